The van der Waals surface area contributed by atoms with Gasteiger partial charge in [-0.05, 0) is 60.6 Å². The molecule has 0 aromatic heterocycles. The molecule has 6 aromatic carbocycles. The van der Waals surface area contributed by atoms with Crippen molar-refractivity contribution in [2.45, 2.75) is 0 Å². The van der Waals surface area contributed by atoms with Crippen LogP contribution in [0.3, 0.4) is 0 Å². The minimum atomic E-state index is 1.26. The van der Waals surface area contributed by atoms with Gasteiger partial charge in [-0.15, -0.1) is 0 Å². The van der Waals surface area contributed by atoms with E-state index in [1.54, 1.807) is 0 Å². The van der Waals surface area contributed by atoms with Crippen LogP contribution in [-0.2, 0) is 0 Å². The Kier molecular flexibility index (Phi) is 3.89. The van der Waals surface area contributed by atoms with E-state index in [0.29, 0.717) is 0 Å². The quantitative estimate of drug-likeness (QED) is 0.282. The second-order valence-electron chi connectivity index (χ2n) is 7.79. The molecule has 0 bridgehead atoms. The second-order valence-corrected chi connectivity index (χ2v) is 7.79. The molecule has 6 rings (SSSR count). The van der Waals surface area contributed by atoms with Crippen molar-refractivity contribution in [3.8, 4) is 22.3 Å². The lowest BCUT2D eigenvalue weighted by Gasteiger charge is -2.12. The summed E-state index contributed by atoms with van der Waals surface area (Å²) in [5.74, 6) is 0. The maximum atomic E-state index is 2.33. The molecule has 0 saturated carbocycles. The topological polar surface area (TPSA) is 0 Å². The first-order valence-corrected chi connectivity index (χ1v) is 10.4. The molecule has 0 fully saturated rings. The lowest BCUT2D eigenvalue weighted by Crippen LogP contribution is -1.86. The van der Waals surface area contributed by atoms with Crippen LogP contribution in [0.1, 0.15) is 0 Å². The maximum Gasteiger partial charge on any atom is -0.00992 e. The molecule has 0 spiro atoms. The van der Waals surface area contributed by atoms with Crippen LogP contribution in [0.5, 0.6) is 0 Å². The highest BCUT2D eigenvalue weighted by Crippen LogP contribution is 2.36. The first-order chi connectivity index (χ1) is 14.9. The predicted molar refractivity (Wildman–Crippen MR) is 130 cm³/mol. The molecule has 0 amide bonds. The molecule has 0 unspecified atom stereocenters. The van der Waals surface area contributed by atoms with Crippen LogP contribution in [0.15, 0.2) is 121 Å². The maximum absolute atomic E-state index is 2.33. The van der Waals surface area contributed by atoms with Crippen LogP contribution in [0.4, 0.5) is 0 Å². The third-order valence-electron chi connectivity index (χ3n) is 6.06. The van der Waals surface area contributed by atoms with Gasteiger partial charge in [0, 0.05) is 0 Å². The Bertz CT molecular complexity index is 1530. The summed E-state index contributed by atoms with van der Waals surface area (Å²) in [6, 6.07) is 43.8. The minimum absolute atomic E-state index is 1.26. The third kappa shape index (κ3) is 2.69. The molecule has 0 nitrogen and oxygen atoms in total. The van der Waals surface area contributed by atoms with Gasteiger partial charge in [0.25, 0.3) is 0 Å². The van der Waals surface area contributed by atoms with Crippen molar-refractivity contribution < 1.29 is 0 Å². The predicted octanol–water partition coefficient (Wildman–Crippen LogP) is 8.48. The van der Waals surface area contributed by atoms with Crippen LogP contribution in [0, 0.1) is 0 Å². The molecule has 0 aliphatic rings. The molecule has 30 heavy (non-hydrogen) atoms. The highest BCUT2D eigenvalue weighted by Gasteiger charge is 2.09. The Morgan fingerprint density at radius 3 is 1.43 bits per heavy atom. The Hall–Kier alpha value is -3.90. The zero-order valence-electron chi connectivity index (χ0n) is 16.5. The molecule has 0 aliphatic carbocycles. The van der Waals surface area contributed by atoms with Crippen molar-refractivity contribution in [1.29, 1.82) is 0 Å². The number of rotatable bonds is 2. The second kappa shape index (κ2) is 6.86. The highest BCUT2D eigenvalue weighted by atomic mass is 14.1. The number of hydrogen-bond donors (Lipinski definition) is 0. The van der Waals surface area contributed by atoms with E-state index < -0.39 is 0 Å². The average Bonchev–Trinajstić information content (AvgIpc) is 2.82. The van der Waals surface area contributed by atoms with Crippen molar-refractivity contribution in [2.24, 2.45) is 0 Å². The number of hydrogen-bond acceptors (Lipinski definition) is 0. The first kappa shape index (κ1) is 17.0. The lowest BCUT2D eigenvalue weighted by atomic mass is 9.91. The standard InChI is InChI=1S/C30H20/c1-3-13-25-21(8-1)10-5-15-27(25)24-18-19-28-23(20-24)12-7-17-30(28)29-16-6-11-22-9-2-4-14-26(22)29/h1-20H. The SMILES string of the molecule is c1ccc2c(-c3ccc4c(-c5cccc6ccccc56)cccc4c3)cccc2c1. The average molecular weight is 380 g/mol. The summed E-state index contributed by atoms with van der Waals surface area (Å²) in [6.45, 7) is 0. The van der Waals surface area contributed by atoms with E-state index in [1.165, 1.54) is 54.6 Å². The fourth-order valence-electron chi connectivity index (χ4n) is 4.62. The third-order valence-corrected chi connectivity index (χ3v) is 6.06. The van der Waals surface area contributed by atoms with E-state index in [4.69, 9.17) is 0 Å². The fraction of sp³-hybridized carbons (Fsp3) is 0. The van der Waals surface area contributed by atoms with Gasteiger partial charge in [-0.2, -0.15) is 0 Å². The summed E-state index contributed by atoms with van der Waals surface area (Å²) in [4.78, 5) is 0. The largest absolute Gasteiger partial charge is 0.0616 e. The summed E-state index contributed by atoms with van der Waals surface area (Å²) in [7, 11) is 0. The molecular formula is C30H20. The van der Waals surface area contributed by atoms with Crippen LogP contribution in [-0.4, -0.2) is 0 Å². The molecule has 6 aromatic rings. The molecule has 0 saturated heterocycles. The van der Waals surface area contributed by atoms with Gasteiger partial charge in [-0.1, -0.05) is 115 Å². The summed E-state index contributed by atoms with van der Waals surface area (Å²) in [5, 5.41) is 7.71. The molecule has 140 valence electrons. The van der Waals surface area contributed by atoms with E-state index in [0.717, 1.165) is 0 Å². The number of fused-ring (bicyclic) bond motifs is 3. The Labute approximate surface area is 176 Å². The van der Waals surface area contributed by atoms with E-state index in [1.807, 2.05) is 0 Å². The van der Waals surface area contributed by atoms with E-state index in [-0.39, 0.29) is 0 Å². The summed E-state index contributed by atoms with van der Waals surface area (Å²) >= 11 is 0. The van der Waals surface area contributed by atoms with Gasteiger partial charge < -0.3 is 0 Å². The van der Waals surface area contributed by atoms with Gasteiger partial charge in [-0.25, -0.2) is 0 Å². The first-order valence-electron chi connectivity index (χ1n) is 10.4. The van der Waals surface area contributed by atoms with Gasteiger partial charge in [0.05, 0.1) is 0 Å². The molecule has 0 heterocycles. The summed E-state index contributed by atoms with van der Waals surface area (Å²) in [6.07, 6.45) is 0. The van der Waals surface area contributed by atoms with Crippen molar-refractivity contribution in [2.75, 3.05) is 0 Å². The molecular weight excluding hydrogens is 360 g/mol. The zero-order valence-corrected chi connectivity index (χ0v) is 16.5. The van der Waals surface area contributed by atoms with Gasteiger partial charge in [0.1, 0.15) is 0 Å². The Morgan fingerprint density at radius 1 is 0.300 bits per heavy atom. The molecule has 0 heteroatoms. The lowest BCUT2D eigenvalue weighted by molar-refractivity contribution is 1.66. The van der Waals surface area contributed by atoms with E-state index >= 15 is 0 Å². The van der Waals surface area contributed by atoms with Crippen molar-refractivity contribution in [3.05, 3.63) is 121 Å². The van der Waals surface area contributed by atoms with Crippen LogP contribution < -0.4 is 0 Å². The van der Waals surface area contributed by atoms with Crippen LogP contribution in [0.2, 0.25) is 0 Å². The fourth-order valence-corrected chi connectivity index (χ4v) is 4.62. The summed E-state index contributed by atoms with van der Waals surface area (Å²) < 4.78 is 0. The number of benzene rings is 6. The van der Waals surface area contributed by atoms with Gasteiger partial charge in [0.15, 0.2) is 0 Å². The molecule has 0 aliphatic heterocycles. The van der Waals surface area contributed by atoms with Crippen molar-refractivity contribution in [3.63, 3.8) is 0 Å². The van der Waals surface area contributed by atoms with Gasteiger partial charge in [-0.3, -0.25) is 0 Å². The normalized spacial score (nSPS) is 11.3. The molecule has 0 radical (unpaired) electrons. The van der Waals surface area contributed by atoms with Crippen LogP contribution >= 0.6 is 0 Å². The Morgan fingerprint density at radius 2 is 0.767 bits per heavy atom. The van der Waals surface area contributed by atoms with Gasteiger partial charge in [0.2, 0.25) is 0 Å². The minimum Gasteiger partial charge on any atom is -0.0616 e. The molecule has 0 N–H and O–H groups in total. The monoisotopic (exact) mass is 380 g/mol. The summed E-state index contributed by atoms with van der Waals surface area (Å²) in [5.41, 5.74) is 5.12. The van der Waals surface area contributed by atoms with Crippen molar-refractivity contribution >= 4 is 32.3 Å². The molecule has 0 atom stereocenters. The van der Waals surface area contributed by atoms with Gasteiger partial charge >= 0.3 is 0 Å². The van der Waals surface area contributed by atoms with Crippen molar-refractivity contribution in [1.82, 2.24) is 0 Å². The highest BCUT2D eigenvalue weighted by molar-refractivity contribution is 6.07. The van der Waals surface area contributed by atoms with E-state index in [2.05, 4.69) is 121 Å². The van der Waals surface area contributed by atoms with E-state index in [9.17, 15) is 0 Å². The zero-order chi connectivity index (χ0) is 19.9. The van der Waals surface area contributed by atoms with Crippen LogP contribution in [0.25, 0.3) is 54.6 Å². The Balaban J connectivity index is 1.58. The smallest absolute Gasteiger partial charge is 0.00992 e.